The van der Waals surface area contributed by atoms with E-state index in [1.807, 2.05) is 48.5 Å². The summed E-state index contributed by atoms with van der Waals surface area (Å²) in [6.07, 6.45) is -0.720. The number of nitrogen functional groups attached to an aromatic ring is 1. The van der Waals surface area contributed by atoms with Gasteiger partial charge >= 0.3 is 0 Å². The standard InChI is InChI=1S/C35H37F2NO6/c1-32-11-10-23(40)14-26(32)27(36)15-25-24-16-30-35(29(42)18-39,33(24,2)17-28(41)34(25,32)37)44-31(43-30)21-8-6-19(7-9-21)12-20-4-3-5-22(38)13-20/h3-11,13-14,24-25,27-28,30-31,39,41H,12,15-18,38H2,1-2H3/t24-,25-,27-,28-,30+,31?,32-,33-,34-,35+/m0/s1. The maximum Gasteiger partial charge on any atom is 0.193 e. The van der Waals surface area contributed by atoms with Crippen LogP contribution in [0.25, 0.3) is 0 Å². The molecular formula is C35H37F2NO6. The monoisotopic (exact) mass is 605 g/mol. The van der Waals surface area contributed by atoms with Crippen molar-refractivity contribution >= 4 is 17.3 Å². The van der Waals surface area contributed by atoms with Gasteiger partial charge in [-0.15, -0.1) is 0 Å². The highest BCUT2D eigenvalue weighted by Gasteiger charge is 2.80. The third-order valence-corrected chi connectivity index (χ3v) is 11.5. The molecule has 2 aromatic rings. The summed E-state index contributed by atoms with van der Waals surface area (Å²) >= 11 is 0. The number of carbonyl (C=O) groups excluding carboxylic acids is 2. The predicted octanol–water partition coefficient (Wildman–Crippen LogP) is 4.50. The normalized spacial score (nSPS) is 42.2. The maximum absolute atomic E-state index is 17.5. The quantitative estimate of drug-likeness (QED) is 0.430. The van der Waals surface area contributed by atoms with Gasteiger partial charge in [0.1, 0.15) is 12.8 Å². The second-order valence-electron chi connectivity index (χ2n) is 13.6. The van der Waals surface area contributed by atoms with Crippen molar-refractivity contribution in [3.8, 4) is 0 Å². The fraction of sp³-hybridized carbons (Fsp3) is 0.486. The predicted molar refractivity (Wildman–Crippen MR) is 158 cm³/mol. The van der Waals surface area contributed by atoms with Crippen LogP contribution in [-0.2, 0) is 25.5 Å². The molecule has 2 aromatic carbocycles. The zero-order valence-electron chi connectivity index (χ0n) is 24.7. The van der Waals surface area contributed by atoms with Crippen LogP contribution in [0, 0.1) is 22.7 Å². The second-order valence-corrected chi connectivity index (χ2v) is 13.6. The van der Waals surface area contributed by atoms with Crippen molar-refractivity contribution in [2.45, 2.75) is 75.5 Å². The number of hydrogen-bond donors (Lipinski definition) is 3. The molecule has 1 saturated heterocycles. The Morgan fingerprint density at radius 2 is 1.84 bits per heavy atom. The van der Waals surface area contributed by atoms with Crippen LogP contribution in [0.4, 0.5) is 14.5 Å². The molecule has 3 saturated carbocycles. The second kappa shape index (κ2) is 9.88. The third kappa shape index (κ3) is 3.79. The summed E-state index contributed by atoms with van der Waals surface area (Å²) in [6, 6.07) is 15.3. The van der Waals surface area contributed by atoms with E-state index in [9.17, 15) is 19.8 Å². The number of fused-ring (bicyclic) bond motifs is 7. The number of carbonyl (C=O) groups is 2. The fourth-order valence-electron chi connectivity index (χ4n) is 9.45. The van der Waals surface area contributed by atoms with Crippen LogP contribution in [-0.4, -0.2) is 58.0 Å². The summed E-state index contributed by atoms with van der Waals surface area (Å²) in [4.78, 5) is 25.8. The summed E-state index contributed by atoms with van der Waals surface area (Å²) in [7, 11) is 0. The van der Waals surface area contributed by atoms with Crippen molar-refractivity contribution in [3.05, 3.63) is 89.0 Å². The van der Waals surface area contributed by atoms with Gasteiger partial charge in [-0.1, -0.05) is 49.4 Å². The number of hydrogen-bond acceptors (Lipinski definition) is 7. The number of aliphatic hydroxyl groups excluding tert-OH is 2. The molecule has 1 aliphatic heterocycles. The SMILES string of the molecule is C[C@]12C=CC(=O)C=C1[C@@H](F)C[C@H]1[C@@H]3C[C@H]4OC(c5ccc(Cc6cccc(N)c6)cc5)O[C@@]4(C(=O)CO)[C@@]3(C)C[C@H](O)[C@@]12F. The average Bonchev–Trinajstić information content (AvgIpc) is 3.49. The molecule has 5 aliphatic rings. The topological polar surface area (TPSA) is 119 Å². The number of nitrogens with two attached hydrogens (primary N) is 1. The van der Waals surface area contributed by atoms with Crippen molar-refractivity contribution in [1.82, 2.24) is 0 Å². The van der Waals surface area contributed by atoms with E-state index in [1.165, 1.54) is 19.1 Å². The Bertz CT molecular complexity index is 1590. The molecule has 0 aromatic heterocycles. The first-order valence-electron chi connectivity index (χ1n) is 15.2. The Morgan fingerprint density at radius 3 is 2.55 bits per heavy atom. The summed E-state index contributed by atoms with van der Waals surface area (Å²) in [5.41, 5.74) is 2.78. The van der Waals surface area contributed by atoms with Crippen LogP contribution >= 0.6 is 0 Å². The van der Waals surface area contributed by atoms with Gasteiger partial charge in [0, 0.05) is 28.0 Å². The molecule has 0 amide bonds. The Kier molecular flexibility index (Phi) is 6.62. The highest BCUT2D eigenvalue weighted by Crippen LogP contribution is 2.72. The maximum atomic E-state index is 17.5. The highest BCUT2D eigenvalue weighted by atomic mass is 19.1. The molecule has 9 heteroatoms. The molecule has 10 atom stereocenters. The van der Waals surface area contributed by atoms with Crippen LogP contribution in [0.2, 0.25) is 0 Å². The molecule has 0 spiro atoms. The number of aliphatic hydroxyl groups is 2. The van der Waals surface area contributed by atoms with Crippen LogP contribution in [0.1, 0.15) is 56.1 Å². The molecule has 44 heavy (non-hydrogen) atoms. The van der Waals surface area contributed by atoms with E-state index in [4.69, 9.17) is 15.2 Å². The molecule has 4 N–H and O–H groups in total. The van der Waals surface area contributed by atoms with E-state index >= 15 is 8.78 Å². The zero-order chi connectivity index (χ0) is 31.2. The molecule has 0 bridgehead atoms. The largest absolute Gasteiger partial charge is 0.399 e. The lowest BCUT2D eigenvalue weighted by Gasteiger charge is -2.63. The highest BCUT2D eigenvalue weighted by molar-refractivity contribution is 6.01. The number of anilines is 1. The van der Waals surface area contributed by atoms with Crippen LogP contribution in [0.5, 0.6) is 0 Å². The van der Waals surface area contributed by atoms with Gasteiger partial charge in [-0.2, -0.15) is 0 Å². The molecule has 7 nitrogen and oxygen atoms in total. The van der Waals surface area contributed by atoms with E-state index in [0.717, 1.165) is 17.2 Å². The molecule has 1 unspecified atom stereocenters. The number of benzene rings is 2. The number of halogens is 2. The molecular weight excluding hydrogens is 568 g/mol. The Balaban J connectivity index is 1.21. The van der Waals surface area contributed by atoms with E-state index in [2.05, 4.69) is 0 Å². The third-order valence-electron chi connectivity index (χ3n) is 11.5. The molecule has 1 heterocycles. The summed E-state index contributed by atoms with van der Waals surface area (Å²) < 4.78 is 46.3. The first-order chi connectivity index (χ1) is 20.9. The summed E-state index contributed by atoms with van der Waals surface area (Å²) in [5, 5.41) is 21.8. The summed E-state index contributed by atoms with van der Waals surface area (Å²) in [5.74, 6) is -2.60. The molecule has 4 aliphatic carbocycles. The smallest absolute Gasteiger partial charge is 0.193 e. The minimum Gasteiger partial charge on any atom is -0.399 e. The van der Waals surface area contributed by atoms with E-state index < -0.39 is 76.8 Å². The number of Topliss-reactive ketones (excluding diaryl/α,β-unsaturated/α-hetero) is 1. The van der Waals surface area contributed by atoms with Crippen LogP contribution < -0.4 is 5.73 Å². The number of ketones is 2. The Labute approximate surface area is 254 Å². The zero-order valence-corrected chi connectivity index (χ0v) is 24.7. The minimum atomic E-state index is -2.29. The minimum absolute atomic E-state index is 0.0393. The number of ether oxygens (including phenoxy) is 2. The fourth-order valence-corrected chi connectivity index (χ4v) is 9.45. The van der Waals surface area contributed by atoms with Gasteiger partial charge in [-0.25, -0.2) is 8.78 Å². The van der Waals surface area contributed by atoms with Crippen molar-refractivity contribution < 1.29 is 38.1 Å². The van der Waals surface area contributed by atoms with E-state index in [-0.39, 0.29) is 24.8 Å². The first-order valence-corrected chi connectivity index (χ1v) is 15.2. The van der Waals surface area contributed by atoms with Gasteiger partial charge in [0.15, 0.2) is 29.1 Å². The number of rotatable bonds is 5. The average molecular weight is 606 g/mol. The van der Waals surface area contributed by atoms with Crippen molar-refractivity contribution in [3.63, 3.8) is 0 Å². The van der Waals surface area contributed by atoms with Crippen molar-refractivity contribution in [2.75, 3.05) is 12.3 Å². The number of allylic oxidation sites excluding steroid dienone is 4. The van der Waals surface area contributed by atoms with Gasteiger partial charge in [0.25, 0.3) is 0 Å². The van der Waals surface area contributed by atoms with E-state index in [0.29, 0.717) is 17.7 Å². The lowest BCUT2D eigenvalue weighted by atomic mass is 9.44. The van der Waals surface area contributed by atoms with Crippen LogP contribution in [0.3, 0.4) is 0 Å². The summed E-state index contributed by atoms with van der Waals surface area (Å²) in [6.45, 7) is 2.49. The van der Waals surface area contributed by atoms with Crippen LogP contribution in [0.15, 0.2) is 72.3 Å². The van der Waals surface area contributed by atoms with Crippen molar-refractivity contribution in [1.29, 1.82) is 0 Å². The molecule has 0 radical (unpaired) electrons. The first kappa shape index (κ1) is 29.5. The molecule has 4 fully saturated rings. The van der Waals surface area contributed by atoms with E-state index in [1.54, 1.807) is 6.92 Å². The van der Waals surface area contributed by atoms with Gasteiger partial charge in [-0.05, 0) is 79.5 Å². The van der Waals surface area contributed by atoms with Gasteiger partial charge in [0.2, 0.25) is 0 Å². The number of alkyl halides is 2. The van der Waals surface area contributed by atoms with Crippen molar-refractivity contribution in [2.24, 2.45) is 22.7 Å². The van der Waals surface area contributed by atoms with Gasteiger partial charge < -0.3 is 25.4 Å². The lowest BCUT2D eigenvalue weighted by molar-refractivity contribution is -0.235. The van der Waals surface area contributed by atoms with Gasteiger partial charge in [0.05, 0.1) is 12.2 Å². The lowest BCUT2D eigenvalue weighted by Crippen LogP contribution is -2.70. The Hall–Kier alpha value is -3.24. The molecule has 232 valence electrons. The Morgan fingerprint density at radius 1 is 1.09 bits per heavy atom. The molecule has 7 rings (SSSR count). The van der Waals surface area contributed by atoms with Gasteiger partial charge in [-0.3, -0.25) is 9.59 Å².